The molecule has 3 atom stereocenters. The van der Waals surface area contributed by atoms with Gasteiger partial charge >= 0.3 is 5.97 Å². The number of nitrogens with zero attached hydrogens (tertiary/aromatic N) is 5. The molecular formula is C32H35FN8O7S3. The summed E-state index contributed by atoms with van der Waals surface area (Å²) in [6, 6.07) is 3.98. The molecule has 0 spiro atoms. The van der Waals surface area contributed by atoms with E-state index in [1.54, 1.807) is 0 Å². The van der Waals surface area contributed by atoms with Crippen LogP contribution in [0.2, 0.25) is 0 Å². The Morgan fingerprint density at radius 3 is 2.78 bits per heavy atom. The van der Waals surface area contributed by atoms with Crippen molar-refractivity contribution in [3.05, 3.63) is 58.1 Å². The first-order chi connectivity index (χ1) is 24.2. The number of rotatable bonds is 11. The molecule has 5 heterocycles. The molecule has 1 aromatic carbocycles. The number of aromatic nitrogens is 2. The molecule has 0 aliphatic carbocycles. The minimum Gasteiger partial charge on any atom is -0.543 e. The second kappa shape index (κ2) is 14.4. The number of amides is 2. The Morgan fingerprint density at radius 2 is 2.12 bits per heavy atom. The first kappa shape index (κ1) is 36.5. The van der Waals surface area contributed by atoms with Crippen molar-refractivity contribution >= 4 is 80.4 Å². The fourth-order valence-corrected chi connectivity index (χ4v) is 8.98. The zero-order chi connectivity index (χ0) is 36.8. The number of anilines is 1. The monoisotopic (exact) mass is 758 g/mol. The first-order valence-electron chi connectivity index (χ1n) is 15.7. The van der Waals surface area contributed by atoms with Gasteiger partial charge in [-0.2, -0.15) is 0 Å². The third-order valence-corrected chi connectivity index (χ3v) is 12.0. The van der Waals surface area contributed by atoms with Crippen molar-refractivity contribution in [1.29, 1.82) is 0 Å². The summed E-state index contributed by atoms with van der Waals surface area (Å²) in [5.74, 6) is -4.38. The molecule has 2 saturated heterocycles. The van der Waals surface area contributed by atoms with E-state index in [1.165, 1.54) is 48.8 Å². The molecule has 0 saturated carbocycles. The summed E-state index contributed by atoms with van der Waals surface area (Å²) >= 11 is 3.60. The number of thiazole rings is 1. The first-order valence-corrected chi connectivity index (χ1v) is 18.6. The van der Waals surface area contributed by atoms with Gasteiger partial charge < -0.3 is 36.2 Å². The maximum atomic E-state index is 15.6. The minimum atomic E-state index is -1.79. The molecule has 51 heavy (non-hydrogen) atoms. The van der Waals surface area contributed by atoms with E-state index in [9.17, 15) is 29.4 Å². The molecule has 3 aromatic rings. The summed E-state index contributed by atoms with van der Waals surface area (Å²) in [5.41, 5.74) is 5.10. The van der Waals surface area contributed by atoms with Crippen LogP contribution in [0.4, 0.5) is 9.52 Å². The van der Waals surface area contributed by atoms with Crippen LogP contribution in [0.1, 0.15) is 31.1 Å². The van der Waals surface area contributed by atoms with Gasteiger partial charge in [0.25, 0.3) is 11.8 Å². The third-order valence-electron chi connectivity index (χ3n) is 8.87. The molecule has 19 heteroatoms. The lowest BCUT2D eigenvalue weighted by Crippen LogP contribution is -2.71. The van der Waals surface area contributed by atoms with Crippen LogP contribution in [0.15, 0.2) is 51.1 Å². The predicted octanol–water partition coefficient (Wildman–Crippen LogP) is 0.198. The summed E-state index contributed by atoms with van der Waals surface area (Å²) in [6.07, 6.45) is 1.87. The molecule has 3 aliphatic heterocycles. The van der Waals surface area contributed by atoms with Crippen molar-refractivity contribution < 1.29 is 43.2 Å². The molecule has 2 aromatic heterocycles. The molecular weight excluding hydrogens is 724 g/mol. The maximum Gasteiger partial charge on any atom is 0.350 e. The number of carbonyl (C=O) groups excluding carboxylic acids is 3. The zero-order valence-corrected chi connectivity index (χ0v) is 30.4. The molecule has 15 nitrogen and oxygen atoms in total. The standard InChI is InChI=1S/C32H35FN8O7S3/c1-32(2,30(46)47)48-38-23(19-14-51-31(34)36-19)26(42)37-24-27(43)41-25(29(44)45)15(13-50-28(24)41)12-49-22-5-7-39(3)20-10-16(18(33)9-17(20)22)21-11-35-6-8-40(21)4/h5,7,9-10,14,21,24,28,35H,6,8,11-13H2,1-4H3,(H4-,34,36,37,42,44,45,46,47)/b38-23-/t21?,24?,28-/m0/s1. The van der Waals surface area contributed by atoms with E-state index in [0.717, 1.165) is 39.7 Å². The Hall–Kier alpha value is -4.30. The summed E-state index contributed by atoms with van der Waals surface area (Å²) < 4.78 is 17.5. The Bertz CT molecular complexity index is 2000. The van der Waals surface area contributed by atoms with E-state index < -0.39 is 46.5 Å². The van der Waals surface area contributed by atoms with E-state index in [1.807, 2.05) is 37.0 Å². The van der Waals surface area contributed by atoms with Gasteiger partial charge in [0.2, 0.25) is 11.1 Å². The van der Waals surface area contributed by atoms with Crippen molar-refractivity contribution in [1.82, 2.24) is 25.4 Å². The minimum absolute atomic E-state index is 0.00205. The number of carboxylic acids is 2. The highest BCUT2D eigenvalue weighted by Crippen LogP contribution is 2.42. The number of hydrogen-bond donors (Lipinski definition) is 4. The van der Waals surface area contributed by atoms with Crippen LogP contribution < -0.4 is 26.0 Å². The second-order valence-electron chi connectivity index (χ2n) is 12.7. The Kier molecular flexibility index (Phi) is 10.3. The van der Waals surface area contributed by atoms with Crippen LogP contribution in [0.3, 0.4) is 0 Å². The second-order valence-corrected chi connectivity index (χ2v) is 15.7. The Labute approximate surface area is 304 Å². The van der Waals surface area contributed by atoms with Gasteiger partial charge in [-0.3, -0.25) is 19.4 Å². The number of piperazine rings is 1. The largest absolute Gasteiger partial charge is 0.543 e. The average Bonchev–Trinajstić information content (AvgIpc) is 3.52. The number of nitrogens with two attached hydrogens (primary N) is 1. The number of pyridine rings is 1. The maximum absolute atomic E-state index is 15.6. The van der Waals surface area contributed by atoms with Gasteiger partial charge in [0.15, 0.2) is 17.0 Å². The Morgan fingerprint density at radius 1 is 1.35 bits per heavy atom. The smallest absolute Gasteiger partial charge is 0.350 e. The van der Waals surface area contributed by atoms with Crippen molar-refractivity contribution in [3.63, 3.8) is 0 Å². The molecule has 0 bridgehead atoms. The average molecular weight is 759 g/mol. The number of β-lactam (4-membered cyclic amide) rings is 1. The third kappa shape index (κ3) is 7.12. The summed E-state index contributed by atoms with van der Waals surface area (Å²) in [7, 11) is 3.85. The lowest BCUT2D eigenvalue weighted by molar-refractivity contribution is -0.645. The molecule has 3 aliphatic rings. The van der Waals surface area contributed by atoms with Crippen LogP contribution in [0, 0.1) is 5.82 Å². The quantitative estimate of drug-likeness (QED) is 0.0679. The van der Waals surface area contributed by atoms with Gasteiger partial charge in [0.1, 0.15) is 30.0 Å². The number of aliphatic carboxylic acids is 2. The van der Waals surface area contributed by atoms with Crippen LogP contribution in [-0.4, -0.2) is 105 Å². The SMILES string of the molecule is CN1CCNCC1c1cc2c(cc1F)c(SCC1=C(C(=O)[O-])N3C(=O)C(NC(=O)/C(=N\OC(C)(C)C(=O)O)c4csc(N)n4)[C@@H]3SC1)cc[n+]2C. The molecule has 6 rings (SSSR count). The zero-order valence-electron chi connectivity index (χ0n) is 28.0. The normalized spacial score (nSPS) is 21.4. The van der Waals surface area contributed by atoms with Crippen molar-refractivity contribution in [2.24, 2.45) is 12.2 Å². The van der Waals surface area contributed by atoms with Gasteiger partial charge in [-0.1, -0.05) is 5.16 Å². The van der Waals surface area contributed by atoms with Crippen molar-refractivity contribution in [2.75, 3.05) is 43.9 Å². The molecule has 2 fully saturated rings. The summed E-state index contributed by atoms with van der Waals surface area (Å²) in [6.45, 7) is 4.74. The number of thioether (sulfide) groups is 2. The lowest BCUT2D eigenvalue weighted by Gasteiger charge is -2.50. The predicted molar refractivity (Wildman–Crippen MR) is 187 cm³/mol. The summed E-state index contributed by atoms with van der Waals surface area (Å²) in [5, 5.41) is 32.9. The molecule has 0 radical (unpaired) electrons. The number of nitrogen functional groups attached to an aromatic ring is 1. The number of likely N-dealkylation sites (N-methyl/N-ethyl adjacent to an activating group) is 1. The molecule has 2 unspecified atom stereocenters. The number of hydrogen-bond acceptors (Lipinski definition) is 14. The van der Waals surface area contributed by atoms with Gasteiger partial charge in [-0.25, -0.2) is 18.7 Å². The number of aryl methyl sites for hydroxylation is 1. The number of nitrogens with one attached hydrogen (secondary N) is 2. The van der Waals surface area contributed by atoms with E-state index in [2.05, 4.69) is 25.7 Å². The van der Waals surface area contributed by atoms with Crippen LogP contribution >= 0.6 is 34.9 Å². The van der Waals surface area contributed by atoms with Gasteiger partial charge in [0, 0.05) is 59.1 Å². The van der Waals surface area contributed by atoms with Crippen LogP contribution in [0.5, 0.6) is 0 Å². The number of halogens is 1. The summed E-state index contributed by atoms with van der Waals surface area (Å²) in [4.78, 5) is 63.9. The lowest BCUT2D eigenvalue weighted by atomic mass is 10.0. The number of fused-ring (bicyclic) bond motifs is 2. The Balaban J connectivity index is 1.21. The van der Waals surface area contributed by atoms with Crippen LogP contribution in [0.25, 0.3) is 10.9 Å². The van der Waals surface area contributed by atoms with E-state index >= 15 is 4.39 Å². The van der Waals surface area contributed by atoms with Crippen molar-refractivity contribution in [2.45, 2.75) is 41.8 Å². The fraction of sp³-hybridized carbons (Fsp3) is 0.406. The number of oxime groups is 1. The number of carbonyl (C=O) groups is 4. The van der Waals surface area contributed by atoms with E-state index in [0.29, 0.717) is 23.1 Å². The number of carboxylic acid groups (broad SMARTS) is 2. The van der Waals surface area contributed by atoms with Crippen molar-refractivity contribution in [3.8, 4) is 0 Å². The van der Waals surface area contributed by atoms with Gasteiger partial charge in [-0.15, -0.1) is 34.9 Å². The van der Waals surface area contributed by atoms with Gasteiger partial charge in [-0.05, 0) is 32.5 Å². The molecule has 5 N–H and O–H groups in total. The molecule has 270 valence electrons. The van der Waals surface area contributed by atoms with Gasteiger partial charge in [0.05, 0.1) is 23.1 Å². The highest BCUT2D eigenvalue weighted by Gasteiger charge is 2.53. The highest BCUT2D eigenvalue weighted by molar-refractivity contribution is 8.01. The topological polar surface area (TPSA) is 206 Å². The fourth-order valence-electron chi connectivity index (χ4n) is 5.91. The van der Waals surface area contributed by atoms with Crippen LogP contribution in [-0.2, 0) is 31.1 Å². The van der Waals surface area contributed by atoms with E-state index in [-0.39, 0.29) is 39.9 Å². The van der Waals surface area contributed by atoms with E-state index in [4.69, 9.17) is 10.6 Å². The number of benzene rings is 1. The molecule has 2 amide bonds. The highest BCUT2D eigenvalue weighted by atomic mass is 32.2.